The van der Waals surface area contributed by atoms with E-state index in [1.807, 2.05) is 17.0 Å². The molecule has 0 radical (unpaired) electrons. The topological polar surface area (TPSA) is 105 Å². The van der Waals surface area contributed by atoms with E-state index in [1.54, 1.807) is 29.2 Å². The first-order valence-electron chi connectivity index (χ1n) is 10.7. The summed E-state index contributed by atoms with van der Waals surface area (Å²) < 4.78 is 5.35. The van der Waals surface area contributed by atoms with Gasteiger partial charge in [0.2, 0.25) is 0 Å². The van der Waals surface area contributed by atoms with Crippen LogP contribution in [0.4, 0.5) is 11.4 Å². The van der Waals surface area contributed by atoms with E-state index in [9.17, 15) is 14.9 Å². The average molecular weight is 468 g/mol. The van der Waals surface area contributed by atoms with E-state index in [0.717, 1.165) is 22.5 Å². The number of nitrogens with one attached hydrogen (secondary N) is 1. The predicted molar refractivity (Wildman–Crippen MR) is 124 cm³/mol. The number of fused-ring (bicyclic) bond motifs is 1. The van der Waals surface area contributed by atoms with Gasteiger partial charge in [-0.05, 0) is 24.3 Å². The lowest BCUT2D eigenvalue weighted by atomic mass is 10.00. The number of aromatic nitrogens is 2. The first-order valence-corrected chi connectivity index (χ1v) is 11.1. The van der Waals surface area contributed by atoms with Gasteiger partial charge in [-0.3, -0.25) is 20.0 Å². The van der Waals surface area contributed by atoms with E-state index in [1.165, 1.54) is 6.07 Å². The smallest absolute Gasteiger partial charge is 0.293 e. The molecule has 1 amide bonds. The summed E-state index contributed by atoms with van der Waals surface area (Å²) in [7, 11) is 0. The molecule has 1 saturated heterocycles. The van der Waals surface area contributed by atoms with Gasteiger partial charge in [0.05, 0.1) is 23.8 Å². The molecule has 2 aliphatic rings. The van der Waals surface area contributed by atoms with Crippen LogP contribution in [-0.4, -0.2) is 58.8 Å². The molecule has 0 saturated carbocycles. The van der Waals surface area contributed by atoms with Gasteiger partial charge in [-0.15, -0.1) is 0 Å². The Kier molecular flexibility index (Phi) is 5.74. The van der Waals surface area contributed by atoms with Crippen LogP contribution in [0.5, 0.6) is 0 Å². The average Bonchev–Trinajstić information content (AvgIpc) is 3.27. The van der Waals surface area contributed by atoms with Crippen molar-refractivity contribution in [2.75, 3.05) is 37.7 Å². The van der Waals surface area contributed by atoms with E-state index < -0.39 is 4.92 Å². The minimum absolute atomic E-state index is 0.0642. The Hall–Kier alpha value is -3.43. The van der Waals surface area contributed by atoms with Crippen molar-refractivity contribution in [1.82, 2.24) is 15.1 Å². The highest BCUT2D eigenvalue weighted by molar-refractivity contribution is 6.30. The monoisotopic (exact) mass is 467 g/mol. The fourth-order valence-corrected chi connectivity index (χ4v) is 4.50. The maximum atomic E-state index is 13.3. The molecule has 0 bridgehead atoms. The van der Waals surface area contributed by atoms with Crippen LogP contribution in [0, 0.1) is 10.1 Å². The highest BCUT2D eigenvalue weighted by Crippen LogP contribution is 2.32. The van der Waals surface area contributed by atoms with Gasteiger partial charge in [-0.25, -0.2) is 0 Å². The number of anilines is 1. The van der Waals surface area contributed by atoms with E-state index in [-0.39, 0.29) is 11.6 Å². The summed E-state index contributed by atoms with van der Waals surface area (Å²) in [5.41, 5.74) is 4.41. The van der Waals surface area contributed by atoms with Gasteiger partial charge in [0, 0.05) is 66.1 Å². The number of H-pyrrole nitrogens is 1. The van der Waals surface area contributed by atoms with Gasteiger partial charge >= 0.3 is 0 Å². The molecular weight excluding hydrogens is 446 g/mol. The van der Waals surface area contributed by atoms with Crippen LogP contribution in [0.25, 0.3) is 11.3 Å². The number of benzene rings is 2. The van der Waals surface area contributed by atoms with Crippen molar-refractivity contribution in [2.24, 2.45) is 0 Å². The van der Waals surface area contributed by atoms with E-state index in [4.69, 9.17) is 16.3 Å². The van der Waals surface area contributed by atoms with E-state index >= 15 is 0 Å². The van der Waals surface area contributed by atoms with Gasteiger partial charge < -0.3 is 14.5 Å². The molecule has 170 valence electrons. The van der Waals surface area contributed by atoms with E-state index in [2.05, 4.69) is 10.2 Å². The SMILES string of the molecule is O=C(c1ccc(N2CCOCC2)c([N+](=O)[O-])c1)N1CCc2[nH]nc(-c3ccc(Cl)cc3)c2C1. The molecule has 2 aromatic carbocycles. The molecule has 0 atom stereocenters. The first-order chi connectivity index (χ1) is 16.0. The standard InChI is InChI=1S/C23H22ClN5O4/c24-17-4-1-15(2-5-17)22-18-14-28(8-7-19(18)25-26-22)23(30)16-3-6-20(21(13-16)29(31)32)27-9-11-33-12-10-27/h1-6,13H,7-12,14H2,(H,25,26). The lowest BCUT2D eigenvalue weighted by molar-refractivity contribution is -0.384. The molecule has 33 heavy (non-hydrogen) atoms. The van der Waals surface area contributed by atoms with Crippen molar-refractivity contribution in [1.29, 1.82) is 0 Å². The van der Waals surface area contributed by atoms with Crippen molar-refractivity contribution < 1.29 is 14.5 Å². The predicted octanol–water partition coefficient (Wildman–Crippen LogP) is 3.67. The number of aromatic amines is 1. The molecule has 2 aliphatic heterocycles. The van der Waals surface area contributed by atoms with Crippen LogP contribution in [0.1, 0.15) is 21.6 Å². The summed E-state index contributed by atoms with van der Waals surface area (Å²) in [4.78, 5) is 28.3. The summed E-state index contributed by atoms with van der Waals surface area (Å²) in [6.07, 6.45) is 0.635. The molecule has 1 fully saturated rings. The molecule has 0 aliphatic carbocycles. The number of amides is 1. The van der Waals surface area contributed by atoms with Crippen molar-refractivity contribution in [3.05, 3.63) is 74.4 Å². The van der Waals surface area contributed by atoms with Crippen molar-refractivity contribution in [3.8, 4) is 11.3 Å². The maximum Gasteiger partial charge on any atom is 0.293 e. The number of hydrogen-bond donors (Lipinski definition) is 1. The van der Waals surface area contributed by atoms with Gasteiger partial charge in [0.15, 0.2) is 0 Å². The molecule has 5 rings (SSSR count). The summed E-state index contributed by atoms with van der Waals surface area (Å²) in [5, 5.41) is 19.9. The molecule has 10 heteroatoms. The number of nitro groups is 1. The van der Waals surface area contributed by atoms with Crippen molar-refractivity contribution >= 4 is 28.9 Å². The molecule has 3 aromatic rings. The largest absolute Gasteiger partial charge is 0.378 e. The zero-order valence-electron chi connectivity index (χ0n) is 17.8. The third-order valence-electron chi connectivity index (χ3n) is 6.11. The van der Waals surface area contributed by atoms with Gasteiger partial charge in [0.1, 0.15) is 5.69 Å². The van der Waals surface area contributed by atoms with Crippen LogP contribution in [0.15, 0.2) is 42.5 Å². The Labute approximate surface area is 195 Å². The molecular formula is C23H22ClN5O4. The van der Waals surface area contributed by atoms with Gasteiger partial charge in [0.25, 0.3) is 11.6 Å². The Bertz CT molecular complexity index is 1200. The molecule has 1 N–H and O–H groups in total. The Morgan fingerprint density at radius 3 is 2.61 bits per heavy atom. The first kappa shape index (κ1) is 21.4. The lowest BCUT2D eigenvalue weighted by Crippen LogP contribution is -2.37. The number of nitrogens with zero attached hydrogens (tertiary/aromatic N) is 4. The fraction of sp³-hybridized carbons (Fsp3) is 0.304. The summed E-state index contributed by atoms with van der Waals surface area (Å²) in [5.74, 6) is -0.236. The number of hydrogen-bond acceptors (Lipinski definition) is 6. The second-order valence-electron chi connectivity index (χ2n) is 8.07. The molecule has 0 spiro atoms. The minimum Gasteiger partial charge on any atom is -0.378 e. The number of rotatable bonds is 4. The minimum atomic E-state index is -0.426. The fourth-order valence-electron chi connectivity index (χ4n) is 4.37. The van der Waals surface area contributed by atoms with Crippen molar-refractivity contribution in [2.45, 2.75) is 13.0 Å². The maximum absolute atomic E-state index is 13.3. The molecule has 0 unspecified atom stereocenters. The number of morpholine rings is 1. The lowest BCUT2D eigenvalue weighted by Gasteiger charge is -2.29. The second-order valence-corrected chi connectivity index (χ2v) is 8.51. The van der Waals surface area contributed by atoms with Crippen LogP contribution < -0.4 is 4.90 Å². The van der Waals surface area contributed by atoms with Crippen LogP contribution in [0.2, 0.25) is 5.02 Å². The highest BCUT2D eigenvalue weighted by atomic mass is 35.5. The number of ether oxygens (including phenoxy) is 1. The molecule has 3 heterocycles. The number of carbonyl (C=O) groups is 1. The molecule has 9 nitrogen and oxygen atoms in total. The Balaban J connectivity index is 1.41. The number of halogens is 1. The zero-order valence-corrected chi connectivity index (χ0v) is 18.5. The summed E-state index contributed by atoms with van der Waals surface area (Å²) >= 11 is 6.01. The third-order valence-corrected chi connectivity index (χ3v) is 6.36. The van der Waals surface area contributed by atoms with Crippen LogP contribution in [0.3, 0.4) is 0 Å². The zero-order chi connectivity index (χ0) is 22.9. The summed E-state index contributed by atoms with van der Waals surface area (Å²) in [6.45, 7) is 3.09. The second kappa shape index (κ2) is 8.84. The van der Waals surface area contributed by atoms with Crippen LogP contribution >= 0.6 is 11.6 Å². The number of carbonyl (C=O) groups excluding carboxylic acids is 1. The van der Waals surface area contributed by atoms with Crippen LogP contribution in [-0.2, 0) is 17.7 Å². The summed E-state index contributed by atoms with van der Waals surface area (Å²) in [6, 6.07) is 12.1. The highest BCUT2D eigenvalue weighted by Gasteiger charge is 2.29. The number of nitro benzene ring substituents is 1. The molecule has 1 aromatic heterocycles. The third kappa shape index (κ3) is 4.17. The quantitative estimate of drug-likeness (QED) is 0.463. The van der Waals surface area contributed by atoms with Crippen molar-refractivity contribution in [3.63, 3.8) is 0 Å². The van der Waals surface area contributed by atoms with Gasteiger partial charge in [-0.2, -0.15) is 5.10 Å². The Morgan fingerprint density at radius 2 is 1.88 bits per heavy atom. The van der Waals surface area contributed by atoms with E-state index in [0.29, 0.717) is 62.1 Å². The normalized spacial score (nSPS) is 15.9. The Morgan fingerprint density at radius 1 is 1.12 bits per heavy atom. The van der Waals surface area contributed by atoms with Gasteiger partial charge in [-0.1, -0.05) is 23.7 Å².